The molecule has 1 aromatic rings. The van der Waals surface area contributed by atoms with Crippen molar-refractivity contribution < 1.29 is 26.7 Å². The van der Waals surface area contributed by atoms with Crippen molar-refractivity contribution in [1.82, 2.24) is 0 Å². The first-order valence-electron chi connectivity index (χ1n) is 4.12. The summed E-state index contributed by atoms with van der Waals surface area (Å²) in [7, 11) is 1.04. The molecule has 0 aliphatic rings. The van der Waals surface area contributed by atoms with Gasteiger partial charge in [-0.15, -0.1) is 0 Å². The number of hydrogen-bond donors (Lipinski definition) is 1. The van der Waals surface area contributed by atoms with Crippen LogP contribution in [0.2, 0.25) is 0 Å². The Morgan fingerprint density at radius 1 is 1.19 bits per heavy atom. The summed E-state index contributed by atoms with van der Waals surface area (Å²) in [6.45, 7) is 0. The Morgan fingerprint density at radius 2 is 1.69 bits per heavy atom. The molecule has 0 radical (unpaired) electrons. The second kappa shape index (κ2) is 4.25. The summed E-state index contributed by atoms with van der Waals surface area (Å²) in [5.41, 5.74) is 4.23. The number of nitrogens with two attached hydrogens (primary N) is 1. The lowest BCUT2D eigenvalue weighted by molar-refractivity contribution is -0.149. The Morgan fingerprint density at radius 3 is 2.12 bits per heavy atom. The predicted molar refractivity (Wildman–Crippen MR) is 45.9 cm³/mol. The molecule has 7 heteroatoms. The number of halogens is 5. The van der Waals surface area contributed by atoms with Gasteiger partial charge in [-0.05, 0) is 6.07 Å². The minimum atomic E-state index is -4.75. The van der Waals surface area contributed by atoms with Crippen LogP contribution in [0.3, 0.4) is 0 Å². The molecule has 0 spiro atoms. The third-order valence-corrected chi connectivity index (χ3v) is 1.96. The van der Waals surface area contributed by atoms with Crippen molar-refractivity contribution in [2.75, 3.05) is 7.11 Å². The minimum Gasteiger partial charge on any atom is -0.496 e. The highest BCUT2D eigenvalue weighted by atomic mass is 19.4. The van der Waals surface area contributed by atoms with Crippen LogP contribution in [0.1, 0.15) is 11.6 Å². The zero-order valence-electron chi connectivity index (χ0n) is 8.11. The molecule has 2 nitrogen and oxygen atoms in total. The number of ether oxygens (including phenoxy) is 1. The van der Waals surface area contributed by atoms with Crippen LogP contribution in [-0.2, 0) is 0 Å². The van der Waals surface area contributed by atoms with Gasteiger partial charge in [0.25, 0.3) is 0 Å². The van der Waals surface area contributed by atoms with Gasteiger partial charge < -0.3 is 10.5 Å². The van der Waals surface area contributed by atoms with Gasteiger partial charge in [-0.2, -0.15) is 13.2 Å². The molecule has 1 rings (SSSR count). The molecule has 0 aliphatic heterocycles. The molecular formula is C9H8F5NO. The van der Waals surface area contributed by atoms with Crippen LogP contribution in [0.25, 0.3) is 0 Å². The van der Waals surface area contributed by atoms with E-state index in [1.807, 2.05) is 0 Å². The Balaban J connectivity index is 3.27. The van der Waals surface area contributed by atoms with Crippen LogP contribution in [-0.4, -0.2) is 13.3 Å². The standard InChI is InChI=1S/C9H8F5NO/c1-16-7-3-6(11)5(10)2-4(7)8(15)9(12,13)14/h2-3,8H,15H2,1H3/t8-/m0/s1. The Hall–Kier alpha value is -1.37. The lowest BCUT2D eigenvalue weighted by atomic mass is 10.1. The van der Waals surface area contributed by atoms with Crippen LogP contribution in [0.5, 0.6) is 5.75 Å². The SMILES string of the molecule is COc1cc(F)c(F)cc1[C@H](N)C(F)(F)F. The largest absolute Gasteiger partial charge is 0.496 e. The van der Waals surface area contributed by atoms with Gasteiger partial charge in [0.1, 0.15) is 11.8 Å². The zero-order valence-corrected chi connectivity index (χ0v) is 8.11. The first-order valence-corrected chi connectivity index (χ1v) is 4.12. The van der Waals surface area contributed by atoms with Gasteiger partial charge in [0.05, 0.1) is 7.11 Å². The van der Waals surface area contributed by atoms with Gasteiger partial charge in [-0.3, -0.25) is 0 Å². The maximum absolute atomic E-state index is 12.8. The Labute approximate surface area is 87.8 Å². The van der Waals surface area contributed by atoms with Gasteiger partial charge in [0.2, 0.25) is 0 Å². The topological polar surface area (TPSA) is 35.2 Å². The van der Waals surface area contributed by atoms with E-state index in [-0.39, 0.29) is 0 Å². The summed E-state index contributed by atoms with van der Waals surface area (Å²) in [5.74, 6) is -3.14. The summed E-state index contributed by atoms with van der Waals surface area (Å²) in [6, 6.07) is -1.51. The van der Waals surface area contributed by atoms with Gasteiger partial charge in [-0.1, -0.05) is 0 Å². The Kier molecular flexibility index (Phi) is 3.37. The van der Waals surface area contributed by atoms with E-state index in [1.54, 1.807) is 0 Å². The number of hydrogen-bond acceptors (Lipinski definition) is 2. The van der Waals surface area contributed by atoms with Crippen molar-refractivity contribution in [2.45, 2.75) is 12.2 Å². The predicted octanol–water partition coefficient (Wildman–Crippen LogP) is 2.54. The highest BCUT2D eigenvalue weighted by Crippen LogP contribution is 2.36. The van der Waals surface area contributed by atoms with Crippen LogP contribution in [0.4, 0.5) is 22.0 Å². The maximum Gasteiger partial charge on any atom is 0.407 e. The van der Waals surface area contributed by atoms with E-state index < -0.39 is 35.2 Å². The molecule has 1 aromatic carbocycles. The Bertz CT molecular complexity index is 390. The lowest BCUT2D eigenvalue weighted by Crippen LogP contribution is -2.29. The summed E-state index contributed by atoms with van der Waals surface area (Å²) in [5, 5.41) is 0. The first-order chi connectivity index (χ1) is 7.27. The second-order valence-corrected chi connectivity index (χ2v) is 3.03. The summed E-state index contributed by atoms with van der Waals surface area (Å²) >= 11 is 0. The molecule has 0 unspecified atom stereocenters. The average molecular weight is 241 g/mol. The van der Waals surface area contributed by atoms with E-state index in [0.29, 0.717) is 12.1 Å². The molecule has 2 N–H and O–H groups in total. The van der Waals surface area contributed by atoms with Crippen LogP contribution < -0.4 is 10.5 Å². The number of methoxy groups -OCH3 is 1. The summed E-state index contributed by atoms with van der Waals surface area (Å²) < 4.78 is 66.9. The molecule has 0 aromatic heterocycles. The lowest BCUT2D eigenvalue weighted by Gasteiger charge is -2.18. The molecular weight excluding hydrogens is 233 g/mol. The second-order valence-electron chi connectivity index (χ2n) is 3.03. The number of alkyl halides is 3. The first kappa shape index (κ1) is 12.7. The highest BCUT2D eigenvalue weighted by Gasteiger charge is 2.39. The van der Waals surface area contributed by atoms with Gasteiger partial charge in [-0.25, -0.2) is 8.78 Å². The molecule has 0 fully saturated rings. The molecule has 0 saturated heterocycles. The van der Waals surface area contributed by atoms with E-state index >= 15 is 0 Å². The van der Waals surface area contributed by atoms with Crippen molar-refractivity contribution in [2.24, 2.45) is 5.73 Å². The molecule has 0 saturated carbocycles. The number of rotatable bonds is 2. The molecule has 0 amide bonds. The van der Waals surface area contributed by atoms with E-state index in [4.69, 9.17) is 5.73 Å². The summed E-state index contributed by atoms with van der Waals surface area (Å²) in [4.78, 5) is 0. The average Bonchev–Trinajstić information content (AvgIpc) is 2.19. The number of benzene rings is 1. The fourth-order valence-corrected chi connectivity index (χ4v) is 1.14. The van der Waals surface area contributed by atoms with Crippen LogP contribution in [0.15, 0.2) is 12.1 Å². The van der Waals surface area contributed by atoms with Crippen LogP contribution in [0, 0.1) is 11.6 Å². The molecule has 0 bridgehead atoms. The van der Waals surface area contributed by atoms with Crippen LogP contribution >= 0.6 is 0 Å². The van der Waals surface area contributed by atoms with Gasteiger partial charge >= 0.3 is 6.18 Å². The molecule has 90 valence electrons. The van der Waals surface area contributed by atoms with Gasteiger partial charge in [0, 0.05) is 11.6 Å². The fourth-order valence-electron chi connectivity index (χ4n) is 1.14. The molecule has 0 heterocycles. The van der Waals surface area contributed by atoms with E-state index in [0.717, 1.165) is 7.11 Å². The smallest absolute Gasteiger partial charge is 0.407 e. The van der Waals surface area contributed by atoms with E-state index in [2.05, 4.69) is 4.74 Å². The van der Waals surface area contributed by atoms with Crippen molar-refractivity contribution in [3.05, 3.63) is 29.3 Å². The third kappa shape index (κ3) is 2.41. The third-order valence-electron chi connectivity index (χ3n) is 1.96. The van der Waals surface area contributed by atoms with Crippen molar-refractivity contribution in [3.63, 3.8) is 0 Å². The zero-order chi connectivity index (χ0) is 12.5. The fraction of sp³-hybridized carbons (Fsp3) is 0.333. The molecule has 1 atom stereocenters. The molecule has 0 aliphatic carbocycles. The minimum absolute atomic E-state index is 0.381. The highest BCUT2D eigenvalue weighted by molar-refractivity contribution is 5.37. The monoisotopic (exact) mass is 241 g/mol. The van der Waals surface area contributed by atoms with E-state index in [9.17, 15) is 22.0 Å². The van der Waals surface area contributed by atoms with Crippen molar-refractivity contribution >= 4 is 0 Å². The normalized spacial score (nSPS) is 13.7. The molecule has 16 heavy (non-hydrogen) atoms. The van der Waals surface area contributed by atoms with Crippen molar-refractivity contribution in [3.8, 4) is 5.75 Å². The van der Waals surface area contributed by atoms with Crippen molar-refractivity contribution in [1.29, 1.82) is 0 Å². The summed E-state index contributed by atoms with van der Waals surface area (Å²) in [6.07, 6.45) is -4.75. The maximum atomic E-state index is 12.8. The quantitative estimate of drug-likeness (QED) is 0.807. The van der Waals surface area contributed by atoms with E-state index in [1.165, 1.54) is 0 Å². The van der Waals surface area contributed by atoms with Gasteiger partial charge in [0.15, 0.2) is 11.6 Å².